The van der Waals surface area contributed by atoms with Crippen molar-refractivity contribution in [2.24, 2.45) is 0 Å². The highest BCUT2D eigenvalue weighted by atomic mass is 35.7. The highest BCUT2D eigenvalue weighted by molar-refractivity contribution is 8.13. The van der Waals surface area contributed by atoms with Crippen LogP contribution in [0, 0.1) is 5.82 Å². The van der Waals surface area contributed by atoms with Crippen molar-refractivity contribution in [2.45, 2.75) is 4.90 Å². The largest absolute Gasteiger partial charge is 0.492 e. The predicted octanol–water partition coefficient (Wildman–Crippen LogP) is 0.870. The fraction of sp³-hybridized carbons (Fsp3) is 0.364. The van der Waals surface area contributed by atoms with E-state index in [1.54, 1.807) is 0 Å². The van der Waals surface area contributed by atoms with E-state index in [0.717, 1.165) is 19.2 Å². The number of carbonyl (C=O) groups excluding carboxylic acids is 1. The summed E-state index contributed by atoms with van der Waals surface area (Å²) in [5, 5.41) is 2.40. The van der Waals surface area contributed by atoms with Gasteiger partial charge in [0, 0.05) is 45.6 Å². The molecule has 0 aliphatic carbocycles. The van der Waals surface area contributed by atoms with Crippen LogP contribution in [0.2, 0.25) is 0 Å². The molecule has 0 fully saturated rings. The van der Waals surface area contributed by atoms with E-state index in [4.69, 9.17) is 10.7 Å². The van der Waals surface area contributed by atoms with Crippen LogP contribution in [0.3, 0.4) is 0 Å². The summed E-state index contributed by atoms with van der Waals surface area (Å²) < 4.78 is 52.1. The molecule has 0 saturated carbocycles. The Bertz CT molecular complexity index is 677. The monoisotopic (exact) mass is 357 g/mol. The molecule has 0 bridgehead atoms. The zero-order chi connectivity index (χ0) is 16.2. The molecule has 0 heterocycles. The Balaban J connectivity index is 3.13. The molecule has 0 saturated heterocycles. The van der Waals surface area contributed by atoms with Crippen molar-refractivity contribution in [3.63, 3.8) is 0 Å². The van der Waals surface area contributed by atoms with Gasteiger partial charge in [0.15, 0.2) is 11.6 Å². The third-order valence-corrected chi connectivity index (χ3v) is 4.52. The molecule has 0 aliphatic rings. The zero-order valence-corrected chi connectivity index (χ0v) is 13.6. The van der Waals surface area contributed by atoms with E-state index in [-0.39, 0.29) is 17.9 Å². The molecule has 10 heteroatoms. The van der Waals surface area contributed by atoms with Gasteiger partial charge in [0.25, 0.3) is 15.0 Å². The van der Waals surface area contributed by atoms with E-state index in [2.05, 4.69) is 10.1 Å². The van der Waals surface area contributed by atoms with Gasteiger partial charge in [-0.2, -0.15) is 0 Å². The average Bonchev–Trinajstić information content (AvgIpc) is 2.36. The first-order chi connectivity index (χ1) is 9.66. The van der Waals surface area contributed by atoms with Crippen molar-refractivity contribution in [1.29, 1.82) is 0 Å². The summed E-state index contributed by atoms with van der Waals surface area (Å²) in [6, 6.07) is 1.76. The SMILES string of the molecule is COc1c(F)cc(C(=O)NCCS(C)=O)cc1S(=O)(=O)Cl. The van der Waals surface area contributed by atoms with Crippen LogP contribution in [-0.4, -0.2) is 44.2 Å². The number of rotatable bonds is 6. The second-order valence-corrected chi connectivity index (χ2v) is 8.05. The van der Waals surface area contributed by atoms with Gasteiger partial charge >= 0.3 is 0 Å². The van der Waals surface area contributed by atoms with Crippen LogP contribution in [0.5, 0.6) is 5.75 Å². The van der Waals surface area contributed by atoms with Crippen LogP contribution in [-0.2, 0) is 19.9 Å². The van der Waals surface area contributed by atoms with Gasteiger partial charge in [0.05, 0.1) is 7.11 Å². The standard InChI is InChI=1S/C11H13ClFNO5S2/c1-19-10-8(13)5-7(6-9(10)21(12,17)18)11(15)14-3-4-20(2)16/h5-6H,3-4H2,1-2H3,(H,14,15). The molecule has 21 heavy (non-hydrogen) atoms. The first-order valence-corrected chi connectivity index (χ1v) is 9.61. The summed E-state index contributed by atoms with van der Waals surface area (Å²) in [5.74, 6) is -2.06. The maximum Gasteiger partial charge on any atom is 0.265 e. The summed E-state index contributed by atoms with van der Waals surface area (Å²) in [4.78, 5) is 11.2. The summed E-state index contributed by atoms with van der Waals surface area (Å²) in [6.45, 7) is 0.110. The first-order valence-electron chi connectivity index (χ1n) is 5.57. The Kier molecular flexibility index (Phi) is 6.11. The number of methoxy groups -OCH3 is 1. The van der Waals surface area contributed by atoms with Crippen LogP contribution < -0.4 is 10.1 Å². The van der Waals surface area contributed by atoms with Crippen molar-refractivity contribution in [2.75, 3.05) is 25.7 Å². The van der Waals surface area contributed by atoms with E-state index in [9.17, 15) is 21.8 Å². The molecule has 1 aromatic rings. The maximum absolute atomic E-state index is 13.8. The second kappa shape index (κ2) is 7.19. The number of ether oxygens (including phenoxy) is 1. The van der Waals surface area contributed by atoms with Crippen molar-refractivity contribution >= 4 is 36.4 Å². The molecular weight excluding hydrogens is 345 g/mol. The number of hydrogen-bond donors (Lipinski definition) is 1. The van der Waals surface area contributed by atoms with Gasteiger partial charge in [-0.05, 0) is 12.1 Å². The van der Waals surface area contributed by atoms with Crippen LogP contribution in [0.15, 0.2) is 17.0 Å². The molecule has 6 nitrogen and oxygen atoms in total. The second-order valence-electron chi connectivity index (χ2n) is 3.96. The minimum Gasteiger partial charge on any atom is -0.492 e. The Morgan fingerprint density at radius 2 is 2.10 bits per heavy atom. The summed E-state index contributed by atoms with van der Waals surface area (Å²) in [7, 11) is 0.903. The summed E-state index contributed by atoms with van der Waals surface area (Å²) in [5.41, 5.74) is -0.227. The number of halogens is 2. The molecule has 0 aromatic heterocycles. The van der Waals surface area contributed by atoms with E-state index in [1.807, 2.05) is 0 Å². The molecule has 118 valence electrons. The quantitative estimate of drug-likeness (QED) is 0.763. The lowest BCUT2D eigenvalue weighted by molar-refractivity contribution is 0.0955. The van der Waals surface area contributed by atoms with Gasteiger partial charge in [-0.1, -0.05) is 0 Å². The fourth-order valence-electron chi connectivity index (χ4n) is 1.49. The molecule has 1 atom stereocenters. The highest BCUT2D eigenvalue weighted by Crippen LogP contribution is 2.30. The van der Waals surface area contributed by atoms with Gasteiger partial charge in [-0.25, -0.2) is 12.8 Å². The van der Waals surface area contributed by atoms with Gasteiger partial charge in [-0.3, -0.25) is 9.00 Å². The molecule has 0 aliphatic heterocycles. The molecule has 0 radical (unpaired) electrons. The summed E-state index contributed by atoms with van der Waals surface area (Å²) in [6.07, 6.45) is 1.47. The number of amides is 1. The third kappa shape index (κ3) is 4.94. The van der Waals surface area contributed by atoms with Crippen LogP contribution in [0.4, 0.5) is 4.39 Å². The lowest BCUT2D eigenvalue weighted by Gasteiger charge is -2.10. The number of carbonyl (C=O) groups is 1. The maximum atomic E-state index is 13.8. The minimum atomic E-state index is -4.28. The van der Waals surface area contributed by atoms with E-state index >= 15 is 0 Å². The Hall–Kier alpha value is -1.19. The van der Waals surface area contributed by atoms with Gasteiger partial charge in [-0.15, -0.1) is 0 Å². The molecular formula is C11H13ClFNO5S2. The first kappa shape index (κ1) is 17.9. The van der Waals surface area contributed by atoms with Crippen molar-refractivity contribution in [3.05, 3.63) is 23.5 Å². The fourth-order valence-corrected chi connectivity index (χ4v) is 2.89. The third-order valence-electron chi connectivity index (χ3n) is 2.41. The predicted molar refractivity (Wildman–Crippen MR) is 77.3 cm³/mol. The normalized spacial score (nSPS) is 12.8. The Morgan fingerprint density at radius 3 is 2.57 bits per heavy atom. The number of hydrogen-bond acceptors (Lipinski definition) is 5. The molecule has 1 N–H and O–H groups in total. The lowest BCUT2D eigenvalue weighted by Crippen LogP contribution is -2.27. The van der Waals surface area contributed by atoms with E-state index < -0.39 is 42.2 Å². The average molecular weight is 358 g/mol. The van der Waals surface area contributed by atoms with Crippen LogP contribution in [0.25, 0.3) is 0 Å². The Morgan fingerprint density at radius 1 is 1.48 bits per heavy atom. The molecule has 1 rings (SSSR count). The topological polar surface area (TPSA) is 89.5 Å². The van der Waals surface area contributed by atoms with Crippen molar-refractivity contribution in [3.8, 4) is 5.75 Å². The smallest absolute Gasteiger partial charge is 0.265 e. The van der Waals surface area contributed by atoms with Gasteiger partial charge in [0.1, 0.15) is 4.90 Å². The van der Waals surface area contributed by atoms with Gasteiger partial charge < -0.3 is 10.1 Å². The van der Waals surface area contributed by atoms with Crippen LogP contribution >= 0.6 is 10.7 Å². The number of nitrogens with one attached hydrogen (secondary N) is 1. The highest BCUT2D eigenvalue weighted by Gasteiger charge is 2.23. The molecule has 0 spiro atoms. The lowest BCUT2D eigenvalue weighted by atomic mass is 10.2. The summed E-state index contributed by atoms with van der Waals surface area (Å²) >= 11 is 0. The van der Waals surface area contributed by atoms with E-state index in [1.165, 1.54) is 6.26 Å². The van der Waals surface area contributed by atoms with Crippen LogP contribution in [0.1, 0.15) is 10.4 Å². The van der Waals surface area contributed by atoms with Crippen molar-refractivity contribution < 1.29 is 26.5 Å². The molecule has 1 unspecified atom stereocenters. The minimum absolute atomic E-state index is 0.110. The Labute approximate surface area is 128 Å². The van der Waals surface area contributed by atoms with Crippen molar-refractivity contribution in [1.82, 2.24) is 5.32 Å². The van der Waals surface area contributed by atoms with E-state index in [0.29, 0.717) is 0 Å². The molecule has 1 aromatic carbocycles. The van der Waals surface area contributed by atoms with Gasteiger partial charge in [0.2, 0.25) is 0 Å². The number of benzene rings is 1. The zero-order valence-electron chi connectivity index (χ0n) is 11.2. The molecule has 1 amide bonds.